The number of rotatable bonds is 5. The first-order valence-electron chi connectivity index (χ1n) is 9.81. The van der Waals surface area contributed by atoms with Gasteiger partial charge in [0.05, 0.1) is 17.5 Å². The maximum absolute atomic E-state index is 13.0. The van der Waals surface area contributed by atoms with E-state index in [4.69, 9.17) is 0 Å². The van der Waals surface area contributed by atoms with E-state index in [9.17, 15) is 4.79 Å². The van der Waals surface area contributed by atoms with Gasteiger partial charge in [-0.2, -0.15) is 5.10 Å². The van der Waals surface area contributed by atoms with Crippen LogP contribution in [0.2, 0.25) is 0 Å². The highest BCUT2D eigenvalue weighted by Gasteiger charge is 2.16. The van der Waals surface area contributed by atoms with Crippen LogP contribution in [0.4, 0.5) is 5.69 Å². The Hall–Kier alpha value is -3.47. The number of hydrogen-bond donors (Lipinski definition) is 1. The van der Waals surface area contributed by atoms with E-state index in [0.717, 1.165) is 28.7 Å². The highest BCUT2D eigenvalue weighted by atomic mass is 16.1. The number of pyridine rings is 1. The molecule has 0 radical (unpaired) electrons. The van der Waals surface area contributed by atoms with E-state index in [1.165, 1.54) is 5.56 Å². The van der Waals surface area contributed by atoms with Crippen molar-refractivity contribution in [3.05, 3.63) is 89.2 Å². The molecular weight excluding hydrogens is 360 g/mol. The zero-order valence-electron chi connectivity index (χ0n) is 16.9. The number of carbonyl (C=O) groups is 1. The molecule has 1 amide bonds. The summed E-state index contributed by atoms with van der Waals surface area (Å²) in [5.74, 6) is -0.158. The second-order valence-electron chi connectivity index (χ2n) is 7.49. The summed E-state index contributed by atoms with van der Waals surface area (Å²) in [5.41, 5.74) is 5.16. The number of anilines is 1. The van der Waals surface area contributed by atoms with Gasteiger partial charge in [-0.15, -0.1) is 0 Å². The summed E-state index contributed by atoms with van der Waals surface area (Å²) >= 11 is 0. The molecule has 0 aliphatic rings. The Kier molecular flexibility index (Phi) is 5.12. The smallest absolute Gasteiger partial charge is 0.257 e. The lowest BCUT2D eigenvalue weighted by Crippen LogP contribution is -2.16. The van der Waals surface area contributed by atoms with Crippen LogP contribution in [0, 0.1) is 6.92 Å². The average Bonchev–Trinajstić information content (AvgIpc) is 3.12. The quantitative estimate of drug-likeness (QED) is 0.517. The first-order valence-corrected chi connectivity index (χ1v) is 9.81. The van der Waals surface area contributed by atoms with E-state index < -0.39 is 0 Å². The molecule has 29 heavy (non-hydrogen) atoms. The lowest BCUT2D eigenvalue weighted by molar-refractivity contribution is 0.102. The maximum atomic E-state index is 13.0. The van der Waals surface area contributed by atoms with Crippen molar-refractivity contribution in [1.29, 1.82) is 0 Å². The Morgan fingerprint density at radius 2 is 1.79 bits per heavy atom. The number of fused-ring (bicyclic) bond motifs is 1. The third-order valence-electron chi connectivity index (χ3n) is 5.00. The number of amides is 1. The summed E-state index contributed by atoms with van der Waals surface area (Å²) in [5, 5.41) is 8.35. The first-order chi connectivity index (χ1) is 14.0. The third kappa shape index (κ3) is 3.90. The molecule has 2 aromatic heterocycles. The Morgan fingerprint density at radius 3 is 2.55 bits per heavy atom. The molecular formula is C24H24N4O. The van der Waals surface area contributed by atoms with Gasteiger partial charge >= 0.3 is 0 Å². The van der Waals surface area contributed by atoms with Crippen molar-refractivity contribution in [3.63, 3.8) is 0 Å². The van der Waals surface area contributed by atoms with Crippen LogP contribution in [0.5, 0.6) is 0 Å². The summed E-state index contributed by atoms with van der Waals surface area (Å²) < 4.78 is 1.87. The molecule has 0 saturated carbocycles. The van der Waals surface area contributed by atoms with Crippen LogP contribution in [-0.2, 0) is 6.42 Å². The fraction of sp³-hybridized carbons (Fsp3) is 0.208. The number of benzene rings is 2. The molecule has 0 unspecified atom stereocenters. The predicted octanol–water partition coefficient (Wildman–Crippen LogP) is 5.16. The molecule has 2 heterocycles. The van der Waals surface area contributed by atoms with E-state index in [1.54, 1.807) is 6.20 Å². The van der Waals surface area contributed by atoms with Gasteiger partial charge in [0.15, 0.2) is 5.65 Å². The minimum absolute atomic E-state index is 0.158. The predicted molar refractivity (Wildman–Crippen MR) is 116 cm³/mol. The molecule has 0 aliphatic carbocycles. The van der Waals surface area contributed by atoms with Crippen molar-refractivity contribution in [2.75, 3.05) is 5.32 Å². The van der Waals surface area contributed by atoms with Gasteiger partial charge in [-0.05, 0) is 50.5 Å². The average molecular weight is 384 g/mol. The summed E-state index contributed by atoms with van der Waals surface area (Å²) in [6, 6.07) is 20.2. The van der Waals surface area contributed by atoms with Gasteiger partial charge in [0.2, 0.25) is 0 Å². The molecule has 0 bridgehead atoms. The zero-order valence-corrected chi connectivity index (χ0v) is 16.9. The molecule has 5 nitrogen and oxygen atoms in total. The van der Waals surface area contributed by atoms with Gasteiger partial charge in [-0.1, -0.05) is 48.5 Å². The second kappa shape index (κ2) is 7.87. The van der Waals surface area contributed by atoms with Crippen LogP contribution in [-0.4, -0.2) is 20.7 Å². The van der Waals surface area contributed by atoms with Crippen LogP contribution >= 0.6 is 0 Å². The van der Waals surface area contributed by atoms with Crippen molar-refractivity contribution in [2.45, 2.75) is 33.2 Å². The van der Waals surface area contributed by atoms with E-state index >= 15 is 0 Å². The molecule has 0 spiro atoms. The van der Waals surface area contributed by atoms with E-state index in [2.05, 4.69) is 41.4 Å². The number of nitrogens with one attached hydrogen (secondary N) is 1. The highest BCUT2D eigenvalue weighted by Crippen LogP contribution is 2.23. The largest absolute Gasteiger partial charge is 0.322 e. The van der Waals surface area contributed by atoms with Crippen molar-refractivity contribution in [3.8, 4) is 0 Å². The number of aryl methyl sites for hydroxylation is 1. The molecule has 4 rings (SSSR count). The molecule has 0 aliphatic heterocycles. The van der Waals surface area contributed by atoms with Gasteiger partial charge < -0.3 is 5.32 Å². The lowest BCUT2D eigenvalue weighted by Gasteiger charge is -2.13. The summed E-state index contributed by atoms with van der Waals surface area (Å²) in [6.45, 7) is 5.99. The van der Waals surface area contributed by atoms with Crippen molar-refractivity contribution in [1.82, 2.24) is 14.8 Å². The van der Waals surface area contributed by atoms with Crippen LogP contribution in [0.15, 0.2) is 66.9 Å². The molecule has 2 aromatic carbocycles. The van der Waals surface area contributed by atoms with Gasteiger partial charge in [0.1, 0.15) is 0 Å². The SMILES string of the molecule is Cc1nc2c(cnn2C(C)C)cc1C(=O)Nc1ccccc1Cc1ccccc1. The standard InChI is InChI=1S/C24H24N4O/c1-16(2)28-23-20(15-25-28)14-21(17(3)26-23)24(29)27-22-12-8-7-11-19(22)13-18-9-5-4-6-10-18/h4-12,14-16H,13H2,1-3H3,(H,27,29). The molecule has 0 saturated heterocycles. The minimum atomic E-state index is -0.158. The van der Waals surface area contributed by atoms with E-state index in [-0.39, 0.29) is 11.9 Å². The highest BCUT2D eigenvalue weighted by molar-refractivity contribution is 6.07. The summed E-state index contributed by atoms with van der Waals surface area (Å²) in [6.07, 6.45) is 2.52. The molecule has 0 atom stereocenters. The molecule has 5 heteroatoms. The monoisotopic (exact) mass is 384 g/mol. The molecule has 4 aromatic rings. The van der Waals surface area contributed by atoms with E-state index in [1.807, 2.05) is 60.1 Å². The molecule has 0 fully saturated rings. The zero-order chi connectivity index (χ0) is 20.4. The number of aromatic nitrogens is 3. The minimum Gasteiger partial charge on any atom is -0.322 e. The van der Waals surface area contributed by atoms with Crippen LogP contribution < -0.4 is 5.32 Å². The number of nitrogens with zero attached hydrogens (tertiary/aromatic N) is 3. The number of para-hydroxylation sites is 1. The topological polar surface area (TPSA) is 59.8 Å². The summed E-state index contributed by atoms with van der Waals surface area (Å²) in [4.78, 5) is 17.7. The molecule has 1 N–H and O–H groups in total. The van der Waals surface area contributed by atoms with Gasteiger partial charge in [-0.25, -0.2) is 9.67 Å². The number of hydrogen-bond acceptors (Lipinski definition) is 3. The number of carbonyl (C=O) groups excluding carboxylic acids is 1. The van der Waals surface area contributed by atoms with Crippen molar-refractivity contribution in [2.24, 2.45) is 0 Å². The summed E-state index contributed by atoms with van der Waals surface area (Å²) in [7, 11) is 0. The Labute approximate surface area is 170 Å². The maximum Gasteiger partial charge on any atom is 0.257 e. The normalized spacial score (nSPS) is 11.2. The van der Waals surface area contributed by atoms with Gasteiger partial charge in [0, 0.05) is 17.1 Å². The van der Waals surface area contributed by atoms with Crippen LogP contribution in [0.1, 0.15) is 47.1 Å². The first kappa shape index (κ1) is 18.9. The Morgan fingerprint density at radius 1 is 1.07 bits per heavy atom. The lowest BCUT2D eigenvalue weighted by atomic mass is 10.0. The van der Waals surface area contributed by atoms with E-state index in [0.29, 0.717) is 11.3 Å². The Bertz CT molecular complexity index is 1160. The van der Waals surface area contributed by atoms with Crippen LogP contribution in [0.25, 0.3) is 11.0 Å². The fourth-order valence-corrected chi connectivity index (χ4v) is 3.48. The van der Waals surface area contributed by atoms with Gasteiger partial charge in [0.25, 0.3) is 5.91 Å². The second-order valence-corrected chi connectivity index (χ2v) is 7.49. The third-order valence-corrected chi connectivity index (χ3v) is 5.00. The van der Waals surface area contributed by atoms with Crippen LogP contribution in [0.3, 0.4) is 0 Å². The van der Waals surface area contributed by atoms with Gasteiger partial charge in [-0.3, -0.25) is 4.79 Å². The fourth-order valence-electron chi connectivity index (χ4n) is 3.48. The van der Waals surface area contributed by atoms with Crippen molar-refractivity contribution < 1.29 is 4.79 Å². The van der Waals surface area contributed by atoms with Crippen molar-refractivity contribution >= 4 is 22.6 Å². The molecule has 146 valence electrons. The Balaban J connectivity index is 1.63.